The van der Waals surface area contributed by atoms with Crippen molar-refractivity contribution in [1.82, 2.24) is 15.2 Å². The fourth-order valence-electron chi connectivity index (χ4n) is 2.30. The molecule has 130 valence electrons. The van der Waals surface area contributed by atoms with Crippen LogP contribution in [-0.2, 0) is 6.54 Å². The van der Waals surface area contributed by atoms with Gasteiger partial charge in [0.15, 0.2) is 0 Å². The zero-order valence-corrected chi connectivity index (χ0v) is 13.6. The van der Waals surface area contributed by atoms with Gasteiger partial charge in [0, 0.05) is 30.1 Å². The van der Waals surface area contributed by atoms with Crippen molar-refractivity contribution in [3.8, 4) is 0 Å². The molecule has 8 nitrogen and oxygen atoms in total. The van der Waals surface area contributed by atoms with Crippen LogP contribution in [0, 0.1) is 10.1 Å². The summed E-state index contributed by atoms with van der Waals surface area (Å²) in [6.45, 7) is 0.570. The number of aromatic nitrogens is 2. The van der Waals surface area contributed by atoms with E-state index in [0.29, 0.717) is 17.7 Å². The summed E-state index contributed by atoms with van der Waals surface area (Å²) in [7, 11) is 0. The zero-order valence-electron chi connectivity index (χ0n) is 13.6. The Balaban J connectivity index is 1.61. The SMILES string of the molecule is O=C(N/N=C/c1ccc([N+](=O)[O-])cc1)c1cccc(Cn2cccn2)c1. The molecule has 0 bridgehead atoms. The number of benzene rings is 2. The molecular weight excluding hydrogens is 334 g/mol. The van der Waals surface area contributed by atoms with Gasteiger partial charge in [0.1, 0.15) is 0 Å². The Labute approximate surface area is 148 Å². The third kappa shape index (κ3) is 4.38. The van der Waals surface area contributed by atoms with Gasteiger partial charge in [-0.25, -0.2) is 5.43 Å². The van der Waals surface area contributed by atoms with Gasteiger partial charge in [-0.2, -0.15) is 10.2 Å². The lowest BCUT2D eigenvalue weighted by molar-refractivity contribution is -0.384. The fourth-order valence-corrected chi connectivity index (χ4v) is 2.30. The van der Waals surface area contributed by atoms with Crippen LogP contribution in [-0.4, -0.2) is 26.8 Å². The largest absolute Gasteiger partial charge is 0.271 e. The van der Waals surface area contributed by atoms with Crippen molar-refractivity contribution in [2.24, 2.45) is 5.10 Å². The highest BCUT2D eigenvalue weighted by atomic mass is 16.6. The van der Waals surface area contributed by atoms with Crippen LogP contribution in [0.2, 0.25) is 0 Å². The molecule has 0 aliphatic rings. The van der Waals surface area contributed by atoms with E-state index in [1.54, 1.807) is 41.2 Å². The summed E-state index contributed by atoms with van der Waals surface area (Å²) in [4.78, 5) is 22.3. The number of amides is 1. The number of non-ortho nitro benzene ring substituents is 1. The van der Waals surface area contributed by atoms with Crippen molar-refractivity contribution in [2.45, 2.75) is 6.54 Å². The minimum absolute atomic E-state index is 0.000169. The van der Waals surface area contributed by atoms with E-state index in [2.05, 4.69) is 15.6 Å². The molecule has 1 amide bonds. The molecule has 0 spiro atoms. The van der Waals surface area contributed by atoms with Crippen molar-refractivity contribution in [3.05, 3.63) is 93.8 Å². The first-order valence-corrected chi connectivity index (χ1v) is 7.76. The van der Waals surface area contributed by atoms with Crippen LogP contribution in [0.5, 0.6) is 0 Å². The highest BCUT2D eigenvalue weighted by Gasteiger charge is 2.06. The first kappa shape index (κ1) is 17.0. The Morgan fingerprint density at radius 3 is 2.73 bits per heavy atom. The summed E-state index contributed by atoms with van der Waals surface area (Å²) in [5.41, 5.74) is 4.51. The minimum atomic E-state index is -0.473. The standard InChI is InChI=1S/C18H15N5O3/c24-18(21-19-12-14-5-7-17(8-6-14)23(25)26)16-4-1-3-15(11-16)13-22-10-2-9-20-22/h1-12H,13H2,(H,21,24)/b19-12+. The van der Waals surface area contributed by atoms with Gasteiger partial charge in [-0.15, -0.1) is 0 Å². The Kier molecular flexibility index (Phi) is 5.14. The van der Waals surface area contributed by atoms with E-state index in [1.165, 1.54) is 18.3 Å². The molecule has 3 aromatic rings. The summed E-state index contributed by atoms with van der Waals surface area (Å²) in [5.74, 6) is -0.342. The number of hydrogen-bond acceptors (Lipinski definition) is 5. The first-order valence-electron chi connectivity index (χ1n) is 7.76. The zero-order chi connectivity index (χ0) is 18.4. The van der Waals surface area contributed by atoms with Gasteiger partial charge in [-0.1, -0.05) is 12.1 Å². The molecule has 0 radical (unpaired) electrons. The topological polar surface area (TPSA) is 102 Å². The normalized spacial score (nSPS) is 10.8. The molecule has 0 fully saturated rings. The molecular formula is C18H15N5O3. The Morgan fingerprint density at radius 2 is 2.04 bits per heavy atom. The van der Waals surface area contributed by atoms with Gasteiger partial charge in [0.2, 0.25) is 0 Å². The highest BCUT2D eigenvalue weighted by Crippen LogP contribution is 2.10. The number of hydrogen-bond donors (Lipinski definition) is 1. The third-order valence-corrected chi connectivity index (χ3v) is 3.58. The Bertz CT molecular complexity index is 934. The Hall–Kier alpha value is -3.81. The molecule has 1 heterocycles. The van der Waals surface area contributed by atoms with Crippen molar-refractivity contribution < 1.29 is 9.72 Å². The van der Waals surface area contributed by atoms with Gasteiger partial charge in [-0.05, 0) is 41.5 Å². The highest BCUT2D eigenvalue weighted by molar-refractivity contribution is 5.95. The molecule has 1 N–H and O–H groups in total. The van der Waals surface area contributed by atoms with Crippen LogP contribution in [0.3, 0.4) is 0 Å². The minimum Gasteiger partial charge on any atom is -0.268 e. The smallest absolute Gasteiger partial charge is 0.268 e. The summed E-state index contributed by atoms with van der Waals surface area (Å²) < 4.78 is 1.77. The summed E-state index contributed by atoms with van der Waals surface area (Å²) in [6, 6.07) is 14.9. The molecule has 3 rings (SSSR count). The molecule has 0 aliphatic heterocycles. The monoisotopic (exact) mass is 349 g/mol. The van der Waals surface area contributed by atoms with E-state index in [0.717, 1.165) is 5.56 Å². The number of carbonyl (C=O) groups excluding carboxylic acids is 1. The van der Waals surface area contributed by atoms with Crippen LogP contribution in [0.1, 0.15) is 21.5 Å². The lowest BCUT2D eigenvalue weighted by Gasteiger charge is -2.05. The molecule has 26 heavy (non-hydrogen) atoms. The van der Waals surface area contributed by atoms with E-state index in [9.17, 15) is 14.9 Å². The number of carbonyl (C=O) groups is 1. The van der Waals surface area contributed by atoms with E-state index in [-0.39, 0.29) is 11.6 Å². The quantitative estimate of drug-likeness (QED) is 0.420. The average molecular weight is 349 g/mol. The first-order chi connectivity index (χ1) is 12.6. The van der Waals surface area contributed by atoms with Crippen LogP contribution in [0.25, 0.3) is 0 Å². The van der Waals surface area contributed by atoms with E-state index < -0.39 is 4.92 Å². The number of nitro groups is 1. The molecule has 0 atom stereocenters. The summed E-state index contributed by atoms with van der Waals surface area (Å²) in [6.07, 6.45) is 4.97. The van der Waals surface area contributed by atoms with Crippen molar-refractivity contribution >= 4 is 17.8 Å². The maximum atomic E-state index is 12.2. The number of rotatable bonds is 6. The van der Waals surface area contributed by atoms with E-state index in [1.807, 2.05) is 18.3 Å². The molecule has 8 heteroatoms. The maximum Gasteiger partial charge on any atom is 0.271 e. The van der Waals surface area contributed by atoms with Gasteiger partial charge >= 0.3 is 0 Å². The van der Waals surface area contributed by atoms with Crippen molar-refractivity contribution in [3.63, 3.8) is 0 Å². The molecule has 0 unspecified atom stereocenters. The molecule has 2 aromatic carbocycles. The number of nitrogens with one attached hydrogen (secondary N) is 1. The molecule has 0 saturated heterocycles. The lowest BCUT2D eigenvalue weighted by Crippen LogP contribution is -2.18. The Morgan fingerprint density at radius 1 is 1.23 bits per heavy atom. The van der Waals surface area contributed by atoms with Gasteiger partial charge < -0.3 is 0 Å². The summed E-state index contributed by atoms with van der Waals surface area (Å²) >= 11 is 0. The van der Waals surface area contributed by atoms with E-state index in [4.69, 9.17) is 0 Å². The van der Waals surface area contributed by atoms with Crippen LogP contribution >= 0.6 is 0 Å². The number of hydrazone groups is 1. The number of nitrogens with zero attached hydrogens (tertiary/aromatic N) is 4. The second-order valence-electron chi connectivity index (χ2n) is 5.45. The predicted molar refractivity (Wildman–Crippen MR) is 95.9 cm³/mol. The van der Waals surface area contributed by atoms with Crippen molar-refractivity contribution in [2.75, 3.05) is 0 Å². The second-order valence-corrected chi connectivity index (χ2v) is 5.45. The van der Waals surface area contributed by atoms with E-state index >= 15 is 0 Å². The van der Waals surface area contributed by atoms with Gasteiger partial charge in [-0.3, -0.25) is 19.6 Å². The third-order valence-electron chi connectivity index (χ3n) is 3.58. The second kappa shape index (κ2) is 7.84. The molecule has 0 saturated carbocycles. The lowest BCUT2D eigenvalue weighted by atomic mass is 10.1. The number of nitro benzene ring substituents is 1. The molecule has 1 aromatic heterocycles. The van der Waals surface area contributed by atoms with Crippen molar-refractivity contribution in [1.29, 1.82) is 0 Å². The van der Waals surface area contributed by atoms with Gasteiger partial charge in [0.25, 0.3) is 11.6 Å². The van der Waals surface area contributed by atoms with Gasteiger partial charge in [0.05, 0.1) is 17.7 Å². The van der Waals surface area contributed by atoms with Crippen LogP contribution in [0.15, 0.2) is 72.1 Å². The maximum absolute atomic E-state index is 12.2. The van der Waals surface area contributed by atoms with Crippen LogP contribution < -0.4 is 5.43 Å². The van der Waals surface area contributed by atoms with Crippen LogP contribution in [0.4, 0.5) is 5.69 Å². The molecule has 0 aliphatic carbocycles. The fraction of sp³-hybridized carbons (Fsp3) is 0.0556. The predicted octanol–water partition coefficient (Wildman–Crippen LogP) is 2.60. The summed E-state index contributed by atoms with van der Waals surface area (Å²) in [5, 5.41) is 18.6. The average Bonchev–Trinajstić information content (AvgIpc) is 3.15.